The van der Waals surface area contributed by atoms with E-state index in [2.05, 4.69) is 21.6 Å². The van der Waals surface area contributed by atoms with Gasteiger partial charge in [-0.25, -0.2) is 4.39 Å². The smallest absolute Gasteiger partial charge is 0.234 e. The number of hydrogen-bond acceptors (Lipinski definition) is 10. The van der Waals surface area contributed by atoms with E-state index in [0.717, 1.165) is 23.1 Å². The number of Topliss-reactive ketones (excluding diaryl/α,β-unsaturated/α-hetero) is 1. The van der Waals surface area contributed by atoms with E-state index in [0.29, 0.717) is 44.5 Å². The number of hydrogen-bond donors (Lipinski definition) is 2. The van der Waals surface area contributed by atoms with E-state index in [1.807, 2.05) is 0 Å². The zero-order valence-corrected chi connectivity index (χ0v) is 24.6. The highest BCUT2D eigenvalue weighted by Gasteiger charge is 2.43. The predicted octanol–water partition coefficient (Wildman–Crippen LogP) is 6.03. The molecular formula is C27H21Cl2FN6O3S2. The first kappa shape index (κ1) is 28.9. The van der Waals surface area contributed by atoms with E-state index >= 15 is 4.39 Å². The molecular weight excluding hydrogens is 610 g/mol. The number of methoxy groups -OCH3 is 1. The summed E-state index contributed by atoms with van der Waals surface area (Å²) in [5.41, 5.74) is 7.78. The fourth-order valence-electron chi connectivity index (χ4n) is 4.82. The van der Waals surface area contributed by atoms with Crippen molar-refractivity contribution in [1.82, 2.24) is 10.2 Å². The van der Waals surface area contributed by atoms with Gasteiger partial charge in [0.1, 0.15) is 17.4 Å². The van der Waals surface area contributed by atoms with Crippen LogP contribution in [0.4, 0.5) is 15.2 Å². The van der Waals surface area contributed by atoms with Gasteiger partial charge in [-0.3, -0.25) is 14.5 Å². The minimum Gasteiger partial charge on any atom is -0.495 e. The van der Waals surface area contributed by atoms with Crippen molar-refractivity contribution in [3.63, 3.8) is 0 Å². The highest BCUT2D eigenvalue weighted by atomic mass is 35.5. The minimum absolute atomic E-state index is 0.00903. The molecule has 0 fully saturated rings. The Morgan fingerprint density at radius 1 is 1.32 bits per heavy atom. The summed E-state index contributed by atoms with van der Waals surface area (Å²) in [6, 6.07) is 11.2. The van der Waals surface area contributed by atoms with Gasteiger partial charge in [-0.05, 0) is 43.2 Å². The highest BCUT2D eigenvalue weighted by Crippen LogP contribution is 2.49. The number of carbonyl (C=O) groups excluding carboxylic acids is 2. The Bertz CT molecular complexity index is 1650. The number of amides is 1. The maximum atomic E-state index is 15.1. The highest BCUT2D eigenvalue weighted by molar-refractivity contribution is 8.01. The summed E-state index contributed by atoms with van der Waals surface area (Å²) in [5, 5.41) is 22.2. The van der Waals surface area contributed by atoms with Crippen LogP contribution in [0.5, 0.6) is 5.75 Å². The Morgan fingerprint density at radius 2 is 2.12 bits per heavy atom. The van der Waals surface area contributed by atoms with Crippen LogP contribution in [0.15, 0.2) is 63.4 Å². The third-order valence-corrected chi connectivity index (χ3v) is 9.16. The second-order valence-electron chi connectivity index (χ2n) is 8.98. The largest absolute Gasteiger partial charge is 0.495 e. The number of nitrogens with one attached hydrogen (secondary N) is 1. The lowest BCUT2D eigenvalue weighted by molar-refractivity contribution is -0.116. The Kier molecular flexibility index (Phi) is 8.51. The van der Waals surface area contributed by atoms with E-state index in [-0.39, 0.29) is 51.4 Å². The molecule has 1 aliphatic carbocycles. The number of nitriles is 1. The van der Waals surface area contributed by atoms with Gasteiger partial charge in [0.15, 0.2) is 10.1 Å². The molecule has 3 N–H and O–H groups in total. The van der Waals surface area contributed by atoms with Gasteiger partial charge in [0.25, 0.3) is 0 Å². The molecule has 14 heteroatoms. The Hall–Kier alpha value is -3.63. The van der Waals surface area contributed by atoms with Crippen LogP contribution in [0.3, 0.4) is 0 Å². The monoisotopic (exact) mass is 630 g/mol. The second-order valence-corrected chi connectivity index (χ2v) is 12.0. The Balaban J connectivity index is 1.43. The number of ether oxygens (including phenoxy) is 1. The van der Waals surface area contributed by atoms with E-state index in [4.69, 9.17) is 33.7 Å². The topological polar surface area (TPSA) is 134 Å². The molecule has 0 bridgehead atoms. The number of carbonyl (C=O) groups is 2. The number of aromatic nitrogens is 2. The Morgan fingerprint density at radius 3 is 2.85 bits per heavy atom. The first-order valence-corrected chi connectivity index (χ1v) is 14.8. The number of thioether (sulfide) groups is 1. The standard InChI is InChI=1S/C27H21Cl2FN6O3S2/c1-39-20-9-8-13(28)10-17(20)33-21(38)12-40-27-35-34-26(41-27)36-18-6-3-7-19(37)24(18)22(14(11-31)25(36)32)23-15(29)4-2-5-16(23)30/h2,4-5,8-10,22H,3,6-7,12,32H2,1H3,(H,33,38). The molecule has 0 saturated heterocycles. The number of halogens is 3. The van der Waals surface area contributed by atoms with Gasteiger partial charge in [0, 0.05) is 33.3 Å². The second kappa shape index (κ2) is 12.1. The quantitative estimate of drug-likeness (QED) is 0.300. The van der Waals surface area contributed by atoms with Crippen molar-refractivity contribution in [3.05, 3.63) is 80.5 Å². The first-order valence-electron chi connectivity index (χ1n) is 12.2. The van der Waals surface area contributed by atoms with Crippen LogP contribution in [-0.4, -0.2) is 34.8 Å². The third kappa shape index (κ3) is 5.63. The molecule has 1 atom stereocenters. The number of benzene rings is 2. The number of anilines is 2. The SMILES string of the molecule is COc1ccc(Cl)cc1NC(=O)CSc1nnc(N2C(N)=C(C#N)C(c3c(F)cccc3Cl)C3=C2CCCC3=O)s1. The molecule has 2 aliphatic rings. The van der Waals surface area contributed by atoms with E-state index in [1.54, 1.807) is 18.2 Å². The number of ketones is 1. The zero-order valence-electron chi connectivity index (χ0n) is 21.4. The van der Waals surface area contributed by atoms with Gasteiger partial charge in [-0.15, -0.1) is 10.2 Å². The van der Waals surface area contributed by atoms with Crippen molar-refractivity contribution in [3.8, 4) is 11.8 Å². The summed E-state index contributed by atoms with van der Waals surface area (Å²) in [7, 11) is 1.49. The maximum Gasteiger partial charge on any atom is 0.234 e. The molecule has 1 aromatic heterocycles. The number of rotatable bonds is 7. The molecule has 41 heavy (non-hydrogen) atoms. The zero-order chi connectivity index (χ0) is 29.3. The molecule has 1 amide bonds. The fourth-order valence-corrected chi connectivity index (χ4v) is 6.95. The normalized spacial score (nSPS) is 16.9. The molecule has 9 nitrogen and oxygen atoms in total. The average Bonchev–Trinajstić information content (AvgIpc) is 3.40. The van der Waals surface area contributed by atoms with Crippen molar-refractivity contribution < 1.29 is 18.7 Å². The van der Waals surface area contributed by atoms with Gasteiger partial charge in [-0.1, -0.05) is 52.4 Å². The van der Waals surface area contributed by atoms with Crippen LogP contribution in [0.1, 0.15) is 30.7 Å². The average molecular weight is 632 g/mol. The van der Waals surface area contributed by atoms with Gasteiger partial charge < -0.3 is 15.8 Å². The number of nitrogens with two attached hydrogens (primary N) is 1. The summed E-state index contributed by atoms with van der Waals surface area (Å²) in [5.74, 6) is -1.71. The maximum absolute atomic E-state index is 15.1. The van der Waals surface area contributed by atoms with Crippen LogP contribution < -0.4 is 20.7 Å². The van der Waals surface area contributed by atoms with E-state index < -0.39 is 11.7 Å². The fraction of sp³-hybridized carbons (Fsp3) is 0.222. The molecule has 0 saturated carbocycles. The van der Waals surface area contributed by atoms with Crippen molar-refractivity contribution in [1.29, 1.82) is 5.26 Å². The Labute approximate surface area is 252 Å². The summed E-state index contributed by atoms with van der Waals surface area (Å²) in [6.07, 6.45) is 1.25. The van der Waals surface area contributed by atoms with Crippen LogP contribution in [-0.2, 0) is 9.59 Å². The molecule has 0 radical (unpaired) electrons. The lowest BCUT2D eigenvalue weighted by Crippen LogP contribution is -2.39. The summed E-state index contributed by atoms with van der Waals surface area (Å²) in [4.78, 5) is 27.4. The van der Waals surface area contributed by atoms with Crippen LogP contribution in [0.2, 0.25) is 10.0 Å². The molecule has 210 valence electrons. The van der Waals surface area contributed by atoms with Gasteiger partial charge in [0.05, 0.1) is 36.1 Å². The van der Waals surface area contributed by atoms with Crippen molar-refractivity contribution in [2.24, 2.45) is 5.73 Å². The van der Waals surface area contributed by atoms with Gasteiger partial charge in [0.2, 0.25) is 11.0 Å². The van der Waals surface area contributed by atoms with Gasteiger partial charge in [-0.2, -0.15) is 5.26 Å². The predicted molar refractivity (Wildman–Crippen MR) is 157 cm³/mol. The molecule has 2 heterocycles. The molecule has 5 rings (SSSR count). The third-order valence-electron chi connectivity index (χ3n) is 6.55. The van der Waals surface area contributed by atoms with Crippen LogP contribution in [0, 0.1) is 17.1 Å². The minimum atomic E-state index is -1.04. The molecule has 1 aliphatic heterocycles. The van der Waals surface area contributed by atoms with E-state index in [1.165, 1.54) is 30.2 Å². The number of nitrogens with zero attached hydrogens (tertiary/aromatic N) is 4. The molecule has 0 spiro atoms. The summed E-state index contributed by atoms with van der Waals surface area (Å²) in [6.45, 7) is 0. The molecule has 1 unspecified atom stereocenters. The lowest BCUT2D eigenvalue weighted by Gasteiger charge is -2.38. The summed E-state index contributed by atoms with van der Waals surface area (Å²) >= 11 is 14.7. The van der Waals surface area contributed by atoms with Crippen molar-refractivity contribution in [2.45, 2.75) is 29.5 Å². The lowest BCUT2D eigenvalue weighted by atomic mass is 9.75. The first-order chi connectivity index (χ1) is 19.7. The van der Waals surface area contributed by atoms with Crippen LogP contribution in [0.25, 0.3) is 0 Å². The summed E-state index contributed by atoms with van der Waals surface area (Å²) < 4.78 is 20.8. The number of allylic oxidation sites excluding steroid dienone is 3. The van der Waals surface area contributed by atoms with E-state index in [9.17, 15) is 14.9 Å². The van der Waals surface area contributed by atoms with Crippen molar-refractivity contribution >= 4 is 68.8 Å². The molecule has 3 aromatic rings. The van der Waals surface area contributed by atoms with Crippen molar-refractivity contribution in [2.75, 3.05) is 23.1 Å². The molecule has 2 aromatic carbocycles. The van der Waals surface area contributed by atoms with Crippen LogP contribution >= 0.6 is 46.3 Å². The van der Waals surface area contributed by atoms with Gasteiger partial charge >= 0.3 is 0 Å².